The number of halogens is 2. The molecule has 0 aliphatic heterocycles. The Morgan fingerprint density at radius 2 is 2.00 bits per heavy atom. The van der Waals surface area contributed by atoms with Gasteiger partial charge in [0.2, 0.25) is 0 Å². The van der Waals surface area contributed by atoms with Gasteiger partial charge < -0.3 is 14.8 Å². The molecular formula is C13H15Br2NO4. The number of amides is 1. The maximum atomic E-state index is 11.8. The fourth-order valence-corrected chi connectivity index (χ4v) is 2.82. The second kappa shape index (κ2) is 8.39. The molecule has 1 N–H and O–H groups in total. The monoisotopic (exact) mass is 407 g/mol. The molecule has 0 saturated heterocycles. The molecule has 1 amide bonds. The lowest BCUT2D eigenvalue weighted by Gasteiger charge is -2.17. The van der Waals surface area contributed by atoms with Gasteiger partial charge in [-0.3, -0.25) is 9.59 Å². The highest BCUT2D eigenvalue weighted by Gasteiger charge is 2.18. The molecule has 1 rings (SSSR count). The molecule has 0 spiro atoms. The van der Waals surface area contributed by atoms with Crippen LogP contribution in [0.4, 0.5) is 0 Å². The van der Waals surface area contributed by atoms with Crippen molar-refractivity contribution in [1.82, 2.24) is 5.32 Å². The number of rotatable bonds is 7. The first-order valence-electron chi connectivity index (χ1n) is 5.87. The molecule has 0 aliphatic carbocycles. The maximum absolute atomic E-state index is 11.8. The number of hydrogen-bond donors (Lipinski definition) is 1. The van der Waals surface area contributed by atoms with E-state index in [4.69, 9.17) is 9.47 Å². The third-order valence-electron chi connectivity index (χ3n) is 2.43. The molecule has 7 heteroatoms. The SMILES string of the molecule is COCCNC(=O)C(C)Oc1c(Br)cc(C=O)cc1Br. The Morgan fingerprint density at radius 3 is 2.50 bits per heavy atom. The Labute approximate surface area is 134 Å². The first-order valence-corrected chi connectivity index (χ1v) is 7.45. The third-order valence-corrected chi connectivity index (χ3v) is 3.60. The van der Waals surface area contributed by atoms with Gasteiger partial charge in [-0.2, -0.15) is 0 Å². The van der Waals surface area contributed by atoms with Gasteiger partial charge in [-0.15, -0.1) is 0 Å². The van der Waals surface area contributed by atoms with Gasteiger partial charge in [0.05, 0.1) is 15.6 Å². The third kappa shape index (κ3) is 4.88. The molecular weight excluding hydrogens is 394 g/mol. The highest BCUT2D eigenvalue weighted by atomic mass is 79.9. The molecule has 5 nitrogen and oxygen atoms in total. The average Bonchev–Trinajstić information content (AvgIpc) is 2.42. The normalized spacial score (nSPS) is 11.8. The molecule has 0 saturated carbocycles. The Morgan fingerprint density at radius 1 is 1.40 bits per heavy atom. The second-order valence-electron chi connectivity index (χ2n) is 3.98. The molecule has 20 heavy (non-hydrogen) atoms. The van der Waals surface area contributed by atoms with Crippen molar-refractivity contribution in [3.8, 4) is 5.75 Å². The van der Waals surface area contributed by atoms with Crippen molar-refractivity contribution in [1.29, 1.82) is 0 Å². The summed E-state index contributed by atoms with van der Waals surface area (Å²) in [5.41, 5.74) is 0.508. The van der Waals surface area contributed by atoms with Crippen LogP contribution >= 0.6 is 31.9 Å². The van der Waals surface area contributed by atoms with Gasteiger partial charge in [-0.25, -0.2) is 0 Å². The number of methoxy groups -OCH3 is 1. The first kappa shape index (κ1) is 17.1. The number of hydrogen-bond acceptors (Lipinski definition) is 4. The maximum Gasteiger partial charge on any atom is 0.260 e. The zero-order valence-corrected chi connectivity index (χ0v) is 14.3. The molecule has 0 bridgehead atoms. The van der Waals surface area contributed by atoms with Crippen LogP contribution in [0.3, 0.4) is 0 Å². The largest absolute Gasteiger partial charge is 0.479 e. The van der Waals surface area contributed by atoms with Crippen LogP contribution in [0.25, 0.3) is 0 Å². The first-order chi connectivity index (χ1) is 9.49. The fraction of sp³-hybridized carbons (Fsp3) is 0.385. The lowest BCUT2D eigenvalue weighted by atomic mass is 10.2. The van der Waals surface area contributed by atoms with E-state index in [1.165, 1.54) is 0 Å². The summed E-state index contributed by atoms with van der Waals surface area (Å²) in [6.45, 7) is 2.52. The van der Waals surface area contributed by atoms with Crippen molar-refractivity contribution in [3.05, 3.63) is 26.6 Å². The number of aldehydes is 1. The summed E-state index contributed by atoms with van der Waals surface area (Å²) >= 11 is 6.63. The summed E-state index contributed by atoms with van der Waals surface area (Å²) in [6.07, 6.45) is 0.0711. The summed E-state index contributed by atoms with van der Waals surface area (Å²) in [4.78, 5) is 22.5. The van der Waals surface area contributed by atoms with Gasteiger partial charge in [0.15, 0.2) is 6.10 Å². The lowest BCUT2D eigenvalue weighted by Crippen LogP contribution is -2.38. The fourth-order valence-electron chi connectivity index (χ4n) is 1.41. The zero-order chi connectivity index (χ0) is 15.1. The van der Waals surface area contributed by atoms with Gasteiger partial charge >= 0.3 is 0 Å². The zero-order valence-electron chi connectivity index (χ0n) is 11.1. The van der Waals surface area contributed by atoms with E-state index in [1.807, 2.05) is 0 Å². The topological polar surface area (TPSA) is 64.6 Å². The molecule has 1 aromatic rings. The van der Waals surface area contributed by atoms with Crippen LogP contribution in [-0.4, -0.2) is 38.6 Å². The highest BCUT2D eigenvalue weighted by molar-refractivity contribution is 9.11. The van der Waals surface area contributed by atoms with Gasteiger partial charge in [-0.05, 0) is 50.9 Å². The highest BCUT2D eigenvalue weighted by Crippen LogP contribution is 2.35. The number of benzene rings is 1. The van der Waals surface area contributed by atoms with Crippen molar-refractivity contribution in [3.63, 3.8) is 0 Å². The standard InChI is InChI=1S/C13H15Br2NO4/c1-8(13(18)16-3-4-19-2)20-12-10(14)5-9(7-17)6-11(12)15/h5-8H,3-4H2,1-2H3,(H,16,18). The van der Waals surface area contributed by atoms with E-state index in [0.717, 1.165) is 6.29 Å². The molecule has 110 valence electrons. The molecule has 0 heterocycles. The Hall–Kier alpha value is -0.920. The Bertz CT molecular complexity index is 470. The Balaban J connectivity index is 2.72. The smallest absolute Gasteiger partial charge is 0.260 e. The summed E-state index contributed by atoms with van der Waals surface area (Å²) in [6, 6.07) is 3.26. The van der Waals surface area contributed by atoms with Crippen LogP contribution < -0.4 is 10.1 Å². The number of ether oxygens (including phenoxy) is 2. The van der Waals surface area contributed by atoms with Crippen LogP contribution in [0.5, 0.6) is 5.75 Å². The number of carbonyl (C=O) groups excluding carboxylic acids is 2. The molecule has 0 radical (unpaired) electrons. The second-order valence-corrected chi connectivity index (χ2v) is 5.68. The van der Waals surface area contributed by atoms with E-state index in [0.29, 0.717) is 33.4 Å². The Kier molecular flexibility index (Phi) is 7.18. The van der Waals surface area contributed by atoms with E-state index >= 15 is 0 Å². The van der Waals surface area contributed by atoms with Crippen LogP contribution in [0, 0.1) is 0 Å². The predicted octanol–water partition coefficient (Wildman–Crippen LogP) is 2.55. The van der Waals surface area contributed by atoms with Gasteiger partial charge in [0, 0.05) is 19.2 Å². The molecule has 1 unspecified atom stereocenters. The minimum Gasteiger partial charge on any atom is -0.479 e. The summed E-state index contributed by atoms with van der Waals surface area (Å²) < 4.78 is 11.7. The van der Waals surface area contributed by atoms with Crippen molar-refractivity contribution in [2.45, 2.75) is 13.0 Å². The van der Waals surface area contributed by atoms with Crippen LogP contribution in [0.1, 0.15) is 17.3 Å². The van der Waals surface area contributed by atoms with Gasteiger partial charge in [-0.1, -0.05) is 0 Å². The van der Waals surface area contributed by atoms with Crippen molar-refractivity contribution in [2.75, 3.05) is 20.3 Å². The van der Waals surface area contributed by atoms with Crippen molar-refractivity contribution >= 4 is 44.1 Å². The van der Waals surface area contributed by atoms with E-state index in [1.54, 1.807) is 26.2 Å². The van der Waals surface area contributed by atoms with E-state index in [9.17, 15) is 9.59 Å². The van der Waals surface area contributed by atoms with E-state index < -0.39 is 6.10 Å². The quantitative estimate of drug-likeness (QED) is 0.556. The number of carbonyl (C=O) groups is 2. The van der Waals surface area contributed by atoms with Gasteiger partial charge in [0.25, 0.3) is 5.91 Å². The van der Waals surface area contributed by atoms with Crippen LogP contribution in [0.15, 0.2) is 21.1 Å². The minimum absolute atomic E-state index is 0.236. The van der Waals surface area contributed by atoms with Crippen LogP contribution in [0.2, 0.25) is 0 Å². The summed E-state index contributed by atoms with van der Waals surface area (Å²) in [7, 11) is 1.56. The van der Waals surface area contributed by atoms with E-state index in [-0.39, 0.29) is 5.91 Å². The van der Waals surface area contributed by atoms with Crippen molar-refractivity contribution < 1.29 is 19.1 Å². The van der Waals surface area contributed by atoms with E-state index in [2.05, 4.69) is 37.2 Å². The molecule has 0 aromatic heterocycles. The molecule has 0 fully saturated rings. The number of nitrogens with one attached hydrogen (secondary N) is 1. The van der Waals surface area contributed by atoms with Gasteiger partial charge in [0.1, 0.15) is 12.0 Å². The average molecular weight is 409 g/mol. The lowest BCUT2D eigenvalue weighted by molar-refractivity contribution is -0.127. The molecule has 1 atom stereocenters. The molecule has 1 aromatic carbocycles. The van der Waals surface area contributed by atoms with Crippen LogP contribution in [-0.2, 0) is 9.53 Å². The summed E-state index contributed by atoms with van der Waals surface area (Å²) in [5.74, 6) is 0.241. The molecule has 0 aliphatic rings. The predicted molar refractivity (Wildman–Crippen MR) is 82.2 cm³/mol. The summed E-state index contributed by atoms with van der Waals surface area (Å²) in [5, 5.41) is 2.69. The minimum atomic E-state index is -0.665. The van der Waals surface area contributed by atoms with Crippen molar-refractivity contribution in [2.24, 2.45) is 0 Å².